The summed E-state index contributed by atoms with van der Waals surface area (Å²) in [5.74, 6) is 1.04. The number of nitrogens with one attached hydrogen (secondary N) is 1. The second-order valence-electron chi connectivity index (χ2n) is 6.12. The molecule has 1 atom stereocenters. The maximum atomic E-state index is 6.30. The maximum Gasteiger partial charge on any atom is 0.127 e. The van der Waals surface area contributed by atoms with Crippen molar-refractivity contribution in [1.29, 1.82) is 0 Å². The maximum absolute atomic E-state index is 6.30. The number of pyridine rings is 1. The zero-order valence-electron chi connectivity index (χ0n) is 13.4. The van der Waals surface area contributed by atoms with E-state index in [1.54, 1.807) is 0 Å². The smallest absolute Gasteiger partial charge is 0.127 e. The molecule has 6 heteroatoms. The van der Waals surface area contributed by atoms with E-state index in [1.165, 1.54) is 16.7 Å². The third-order valence-electron chi connectivity index (χ3n) is 4.64. The van der Waals surface area contributed by atoms with E-state index in [0.717, 1.165) is 50.0 Å². The van der Waals surface area contributed by atoms with Crippen LogP contribution in [0.4, 0.5) is 0 Å². The van der Waals surface area contributed by atoms with E-state index in [1.807, 2.05) is 18.5 Å². The largest absolute Gasteiger partial charge is 0.493 e. The average Bonchev–Trinajstić information content (AvgIpc) is 3.04. The van der Waals surface area contributed by atoms with Crippen LogP contribution in [0.3, 0.4) is 0 Å². The SMILES string of the molecule is Cl.Clc1cc2c(c(CN3CCNCC3c3ccncc3)c1)OCC2. The summed E-state index contributed by atoms with van der Waals surface area (Å²) >= 11 is 6.30. The van der Waals surface area contributed by atoms with E-state index in [2.05, 4.69) is 33.4 Å². The second kappa shape index (κ2) is 7.70. The van der Waals surface area contributed by atoms with Gasteiger partial charge in [-0.3, -0.25) is 9.88 Å². The van der Waals surface area contributed by atoms with Gasteiger partial charge in [0.25, 0.3) is 0 Å². The van der Waals surface area contributed by atoms with Crippen molar-refractivity contribution in [3.63, 3.8) is 0 Å². The number of benzene rings is 1. The molecule has 1 aromatic heterocycles. The lowest BCUT2D eigenvalue weighted by atomic mass is 10.0. The number of nitrogens with zero attached hydrogens (tertiary/aromatic N) is 2. The quantitative estimate of drug-likeness (QED) is 0.905. The van der Waals surface area contributed by atoms with E-state index in [0.29, 0.717) is 6.04 Å². The normalized spacial score (nSPS) is 20.1. The van der Waals surface area contributed by atoms with E-state index in [4.69, 9.17) is 16.3 Å². The van der Waals surface area contributed by atoms with Crippen molar-refractivity contribution in [2.45, 2.75) is 19.0 Å². The number of rotatable bonds is 3. The zero-order valence-corrected chi connectivity index (χ0v) is 14.9. The van der Waals surface area contributed by atoms with Crippen LogP contribution in [0.15, 0.2) is 36.7 Å². The van der Waals surface area contributed by atoms with Crippen LogP contribution in [0, 0.1) is 0 Å². The lowest BCUT2D eigenvalue weighted by molar-refractivity contribution is 0.152. The van der Waals surface area contributed by atoms with Crippen molar-refractivity contribution in [2.24, 2.45) is 0 Å². The molecule has 24 heavy (non-hydrogen) atoms. The third-order valence-corrected chi connectivity index (χ3v) is 4.86. The molecular formula is C18H21Cl2N3O. The standard InChI is InChI=1S/C18H20ClN3O.ClH/c19-16-9-14-3-8-23-18(14)15(10-16)12-22-7-6-21-11-17(22)13-1-4-20-5-2-13;/h1-2,4-5,9-10,17,21H,3,6-8,11-12H2;1H. The molecule has 0 amide bonds. The van der Waals surface area contributed by atoms with Crippen LogP contribution < -0.4 is 10.1 Å². The van der Waals surface area contributed by atoms with Gasteiger partial charge in [-0.05, 0) is 35.4 Å². The highest BCUT2D eigenvalue weighted by Crippen LogP contribution is 2.35. The van der Waals surface area contributed by atoms with Gasteiger partial charge in [0.15, 0.2) is 0 Å². The molecule has 1 unspecified atom stereocenters. The van der Waals surface area contributed by atoms with E-state index >= 15 is 0 Å². The number of piperazine rings is 1. The number of aromatic nitrogens is 1. The van der Waals surface area contributed by atoms with Gasteiger partial charge in [-0.15, -0.1) is 12.4 Å². The highest BCUT2D eigenvalue weighted by atomic mass is 35.5. The summed E-state index contributed by atoms with van der Waals surface area (Å²) in [7, 11) is 0. The Bertz CT molecular complexity index is 696. The molecule has 0 spiro atoms. The van der Waals surface area contributed by atoms with Crippen LogP contribution in [-0.4, -0.2) is 36.1 Å². The zero-order chi connectivity index (χ0) is 15.6. The minimum atomic E-state index is 0. The summed E-state index contributed by atoms with van der Waals surface area (Å²) in [6, 6.07) is 8.64. The van der Waals surface area contributed by atoms with Crippen LogP contribution in [0.1, 0.15) is 22.7 Å². The molecule has 1 aromatic carbocycles. The first-order valence-electron chi connectivity index (χ1n) is 8.10. The molecule has 0 bridgehead atoms. The predicted octanol–water partition coefficient (Wildman–Crippen LogP) is 3.24. The van der Waals surface area contributed by atoms with Crippen molar-refractivity contribution in [3.05, 3.63) is 58.4 Å². The molecule has 2 aliphatic rings. The number of hydrogen-bond donors (Lipinski definition) is 1. The van der Waals surface area contributed by atoms with Crippen LogP contribution in [-0.2, 0) is 13.0 Å². The molecule has 128 valence electrons. The van der Waals surface area contributed by atoms with Gasteiger partial charge < -0.3 is 10.1 Å². The molecule has 1 N–H and O–H groups in total. The van der Waals surface area contributed by atoms with E-state index in [-0.39, 0.29) is 12.4 Å². The molecule has 0 aliphatic carbocycles. The Kier molecular flexibility index (Phi) is 5.61. The van der Waals surface area contributed by atoms with Gasteiger partial charge in [0, 0.05) is 61.6 Å². The van der Waals surface area contributed by atoms with Gasteiger partial charge in [-0.1, -0.05) is 11.6 Å². The highest BCUT2D eigenvalue weighted by molar-refractivity contribution is 6.30. The first-order valence-corrected chi connectivity index (χ1v) is 8.48. The molecule has 0 saturated carbocycles. The third kappa shape index (κ3) is 3.52. The number of halogens is 2. The summed E-state index contributed by atoms with van der Waals surface area (Å²) in [6.07, 6.45) is 4.68. The molecule has 2 aliphatic heterocycles. The fourth-order valence-corrected chi connectivity index (χ4v) is 3.80. The summed E-state index contributed by atoms with van der Waals surface area (Å²) in [6.45, 7) is 4.59. The summed E-state index contributed by atoms with van der Waals surface area (Å²) < 4.78 is 5.86. The molecule has 1 fully saturated rings. The summed E-state index contributed by atoms with van der Waals surface area (Å²) in [5.41, 5.74) is 3.74. The Labute approximate surface area is 153 Å². The van der Waals surface area contributed by atoms with Crippen molar-refractivity contribution in [2.75, 3.05) is 26.2 Å². The van der Waals surface area contributed by atoms with Crippen LogP contribution >= 0.6 is 24.0 Å². The average molecular weight is 366 g/mol. The first-order chi connectivity index (χ1) is 11.3. The van der Waals surface area contributed by atoms with Crippen molar-refractivity contribution in [1.82, 2.24) is 15.2 Å². The number of hydrogen-bond acceptors (Lipinski definition) is 4. The highest BCUT2D eigenvalue weighted by Gasteiger charge is 2.26. The van der Waals surface area contributed by atoms with Gasteiger partial charge in [-0.2, -0.15) is 0 Å². The molecule has 0 radical (unpaired) electrons. The lowest BCUT2D eigenvalue weighted by Gasteiger charge is -2.36. The van der Waals surface area contributed by atoms with Crippen LogP contribution in [0.2, 0.25) is 5.02 Å². The van der Waals surface area contributed by atoms with Gasteiger partial charge in [0.1, 0.15) is 5.75 Å². The Morgan fingerprint density at radius 1 is 1.29 bits per heavy atom. The lowest BCUT2D eigenvalue weighted by Crippen LogP contribution is -2.45. The van der Waals surface area contributed by atoms with Gasteiger partial charge >= 0.3 is 0 Å². The summed E-state index contributed by atoms with van der Waals surface area (Å²) in [4.78, 5) is 6.63. The Morgan fingerprint density at radius 3 is 2.96 bits per heavy atom. The fraction of sp³-hybridized carbons (Fsp3) is 0.389. The Balaban J connectivity index is 0.00000169. The second-order valence-corrected chi connectivity index (χ2v) is 6.56. The minimum Gasteiger partial charge on any atom is -0.493 e. The topological polar surface area (TPSA) is 37.4 Å². The van der Waals surface area contributed by atoms with Crippen molar-refractivity contribution >= 4 is 24.0 Å². The Morgan fingerprint density at radius 2 is 2.12 bits per heavy atom. The van der Waals surface area contributed by atoms with Gasteiger partial charge in [-0.25, -0.2) is 0 Å². The first kappa shape index (κ1) is 17.5. The van der Waals surface area contributed by atoms with Crippen molar-refractivity contribution in [3.8, 4) is 5.75 Å². The monoisotopic (exact) mass is 365 g/mol. The number of ether oxygens (including phenoxy) is 1. The van der Waals surface area contributed by atoms with Crippen LogP contribution in [0.5, 0.6) is 5.75 Å². The van der Waals surface area contributed by atoms with Crippen LogP contribution in [0.25, 0.3) is 0 Å². The fourth-order valence-electron chi connectivity index (χ4n) is 3.53. The van der Waals surface area contributed by atoms with Gasteiger partial charge in [0.05, 0.1) is 6.61 Å². The Hall–Kier alpha value is -1.33. The number of fused-ring (bicyclic) bond motifs is 1. The molecule has 2 aromatic rings. The minimum absolute atomic E-state index is 0. The predicted molar refractivity (Wildman–Crippen MR) is 98.2 cm³/mol. The van der Waals surface area contributed by atoms with E-state index < -0.39 is 0 Å². The molecule has 3 heterocycles. The molecule has 4 rings (SSSR count). The summed E-state index contributed by atoms with van der Waals surface area (Å²) in [5, 5.41) is 4.30. The molecule has 1 saturated heterocycles. The van der Waals surface area contributed by atoms with E-state index in [9.17, 15) is 0 Å². The van der Waals surface area contributed by atoms with Crippen molar-refractivity contribution < 1.29 is 4.74 Å². The molecule has 4 nitrogen and oxygen atoms in total. The molecular weight excluding hydrogens is 345 g/mol. The van der Waals surface area contributed by atoms with Gasteiger partial charge in [0.2, 0.25) is 0 Å².